The van der Waals surface area contributed by atoms with Crippen LogP contribution in [0.4, 0.5) is 0 Å². The molecule has 40 valence electrons. The molecule has 0 atom stereocenters. The van der Waals surface area contributed by atoms with Gasteiger partial charge in [0.15, 0.2) is 0 Å². The molecule has 0 heterocycles. The van der Waals surface area contributed by atoms with Gasteiger partial charge in [0, 0.05) is 0 Å². The first kappa shape index (κ1) is 9.61. The Balaban J connectivity index is 0. The summed E-state index contributed by atoms with van der Waals surface area (Å²) >= 11 is 0. The van der Waals surface area contributed by atoms with E-state index in [9.17, 15) is 0 Å². The van der Waals surface area contributed by atoms with Crippen molar-refractivity contribution < 1.29 is 0 Å². The smallest absolute Gasteiger partial charge is 0.0474 e. The van der Waals surface area contributed by atoms with Crippen LogP contribution in [0.3, 0.4) is 0 Å². The van der Waals surface area contributed by atoms with Crippen molar-refractivity contribution in [1.82, 2.24) is 0 Å². The standard InChI is InChI=1S/C5H12.H2S/c1-4-5(2)3;/h5H,4H2,1-3H3;1H2. The van der Waals surface area contributed by atoms with Gasteiger partial charge < -0.3 is 0 Å². The van der Waals surface area contributed by atoms with Crippen LogP contribution >= 0.6 is 13.5 Å². The van der Waals surface area contributed by atoms with Crippen molar-refractivity contribution in [3.8, 4) is 0 Å². The van der Waals surface area contributed by atoms with E-state index < -0.39 is 0 Å². The molecular weight excluding hydrogens is 92.1 g/mol. The topological polar surface area (TPSA) is 0 Å². The molecule has 0 aromatic rings. The quantitative estimate of drug-likeness (QED) is 0.480. The molecule has 0 aliphatic carbocycles. The van der Waals surface area contributed by atoms with Gasteiger partial charge in [-0.1, -0.05) is 27.2 Å². The highest BCUT2D eigenvalue weighted by Crippen LogP contribution is 1.93. The van der Waals surface area contributed by atoms with Gasteiger partial charge in [-0.25, -0.2) is 0 Å². The van der Waals surface area contributed by atoms with E-state index in [2.05, 4.69) is 20.8 Å². The largest absolute Gasteiger partial charge is 0.197 e. The first-order valence-electron chi connectivity index (χ1n) is 2.27. The zero-order valence-corrected chi connectivity index (χ0v) is 5.78. The molecule has 0 radical (unpaired) electrons. The highest BCUT2D eigenvalue weighted by Gasteiger charge is 1.80. The lowest BCUT2D eigenvalue weighted by Gasteiger charge is -1.90. The minimum atomic E-state index is 0. The van der Waals surface area contributed by atoms with Gasteiger partial charge in [0.25, 0.3) is 0 Å². The molecule has 0 aliphatic rings. The van der Waals surface area contributed by atoms with Gasteiger partial charge in [0.1, 0.15) is 0 Å². The Morgan fingerprint density at radius 2 is 1.50 bits per heavy atom. The zero-order chi connectivity index (χ0) is 4.28. The molecule has 1 heteroatoms. The summed E-state index contributed by atoms with van der Waals surface area (Å²) in [5.74, 6) is 0.884. The third kappa shape index (κ3) is 8.84. The monoisotopic (exact) mass is 106 g/mol. The van der Waals surface area contributed by atoms with E-state index in [4.69, 9.17) is 0 Å². The Morgan fingerprint density at radius 1 is 1.33 bits per heavy atom. The molecule has 0 rings (SSSR count). The van der Waals surface area contributed by atoms with Gasteiger partial charge in [0.2, 0.25) is 0 Å². The van der Waals surface area contributed by atoms with Crippen molar-refractivity contribution in [3.05, 3.63) is 0 Å². The number of hydrogen-bond donors (Lipinski definition) is 0. The predicted octanol–water partition coefficient (Wildman–Crippen LogP) is 2.17. The first-order valence-corrected chi connectivity index (χ1v) is 2.27. The Bertz CT molecular complexity index is 17.9. The summed E-state index contributed by atoms with van der Waals surface area (Å²) in [5, 5.41) is 0. The Labute approximate surface area is 47.4 Å². The van der Waals surface area contributed by atoms with Crippen molar-refractivity contribution in [3.63, 3.8) is 0 Å². The molecule has 0 nitrogen and oxygen atoms in total. The predicted molar refractivity (Wildman–Crippen MR) is 35.5 cm³/mol. The maximum atomic E-state index is 2.22. The summed E-state index contributed by atoms with van der Waals surface area (Å²) in [6.45, 7) is 6.64. The Kier molecular flexibility index (Phi) is 8.56. The number of rotatable bonds is 1. The van der Waals surface area contributed by atoms with Crippen LogP contribution in [0.15, 0.2) is 0 Å². The van der Waals surface area contributed by atoms with Crippen LogP contribution in [-0.2, 0) is 0 Å². The molecule has 0 aromatic carbocycles. The first-order chi connectivity index (χ1) is 2.27. The fourth-order valence-electron chi connectivity index (χ4n) is 0. The molecule has 0 spiro atoms. The molecule has 0 saturated carbocycles. The summed E-state index contributed by atoms with van der Waals surface area (Å²) in [4.78, 5) is 0. The third-order valence-electron chi connectivity index (χ3n) is 0.816. The summed E-state index contributed by atoms with van der Waals surface area (Å²) in [6, 6.07) is 0. The van der Waals surface area contributed by atoms with Crippen LogP contribution < -0.4 is 0 Å². The lowest BCUT2D eigenvalue weighted by molar-refractivity contribution is 0.626. The molecule has 0 amide bonds. The molecule has 0 fully saturated rings. The van der Waals surface area contributed by atoms with Crippen LogP contribution in [0.5, 0.6) is 0 Å². The van der Waals surface area contributed by atoms with E-state index in [1.807, 2.05) is 0 Å². The van der Waals surface area contributed by atoms with Gasteiger partial charge in [-0.05, 0) is 5.92 Å². The van der Waals surface area contributed by atoms with E-state index in [1.165, 1.54) is 6.42 Å². The van der Waals surface area contributed by atoms with Gasteiger partial charge in [0.05, 0.1) is 0 Å². The lowest BCUT2D eigenvalue weighted by atomic mass is 10.2. The van der Waals surface area contributed by atoms with Crippen molar-refractivity contribution in [1.29, 1.82) is 0 Å². The highest BCUT2D eigenvalue weighted by atomic mass is 32.1. The molecule has 0 unspecified atom stereocenters. The number of hydrogen-bond acceptors (Lipinski definition) is 0. The van der Waals surface area contributed by atoms with E-state index >= 15 is 0 Å². The highest BCUT2D eigenvalue weighted by molar-refractivity contribution is 7.59. The Morgan fingerprint density at radius 3 is 1.50 bits per heavy atom. The van der Waals surface area contributed by atoms with E-state index in [0.717, 1.165) is 5.92 Å². The van der Waals surface area contributed by atoms with E-state index in [1.54, 1.807) is 0 Å². The van der Waals surface area contributed by atoms with Crippen LogP contribution in [0.2, 0.25) is 0 Å². The van der Waals surface area contributed by atoms with Crippen molar-refractivity contribution in [2.24, 2.45) is 5.92 Å². The fourth-order valence-corrected chi connectivity index (χ4v) is 0. The van der Waals surface area contributed by atoms with Gasteiger partial charge in [-0.15, -0.1) is 0 Å². The summed E-state index contributed by atoms with van der Waals surface area (Å²) in [6.07, 6.45) is 1.31. The van der Waals surface area contributed by atoms with Gasteiger partial charge in [-0.3, -0.25) is 0 Å². The summed E-state index contributed by atoms with van der Waals surface area (Å²) in [5.41, 5.74) is 0. The molecule has 0 aromatic heterocycles. The molecule has 6 heavy (non-hydrogen) atoms. The van der Waals surface area contributed by atoms with Crippen LogP contribution in [0, 0.1) is 5.92 Å². The van der Waals surface area contributed by atoms with E-state index in [-0.39, 0.29) is 13.5 Å². The van der Waals surface area contributed by atoms with Gasteiger partial charge in [-0.2, -0.15) is 13.5 Å². The molecule has 0 saturated heterocycles. The van der Waals surface area contributed by atoms with Gasteiger partial charge >= 0.3 is 0 Å². The average molecular weight is 106 g/mol. The van der Waals surface area contributed by atoms with Crippen LogP contribution in [0.25, 0.3) is 0 Å². The van der Waals surface area contributed by atoms with E-state index in [0.29, 0.717) is 0 Å². The maximum absolute atomic E-state index is 2.22. The Hall–Kier alpha value is 0.350. The minimum absolute atomic E-state index is 0. The SMILES string of the molecule is CCC(C)C.S. The normalized spacial score (nSPS) is 8.00. The van der Waals surface area contributed by atoms with Crippen molar-refractivity contribution >= 4 is 13.5 Å². The molecule has 0 bridgehead atoms. The second-order valence-electron chi connectivity index (χ2n) is 1.80. The maximum Gasteiger partial charge on any atom is -0.0474 e. The molecule has 0 aliphatic heterocycles. The second kappa shape index (κ2) is 5.35. The van der Waals surface area contributed by atoms with Crippen LogP contribution in [-0.4, -0.2) is 0 Å². The molecule has 0 N–H and O–H groups in total. The average Bonchev–Trinajstić information content (AvgIpc) is 1.38. The third-order valence-corrected chi connectivity index (χ3v) is 0.816. The zero-order valence-electron chi connectivity index (χ0n) is 4.78. The van der Waals surface area contributed by atoms with Crippen molar-refractivity contribution in [2.45, 2.75) is 27.2 Å². The summed E-state index contributed by atoms with van der Waals surface area (Å²) in [7, 11) is 0. The lowest BCUT2D eigenvalue weighted by Crippen LogP contribution is -1.77. The minimum Gasteiger partial charge on any atom is -0.197 e. The van der Waals surface area contributed by atoms with Crippen LogP contribution in [0.1, 0.15) is 27.2 Å². The van der Waals surface area contributed by atoms with Crippen molar-refractivity contribution in [2.75, 3.05) is 0 Å². The second-order valence-corrected chi connectivity index (χ2v) is 1.80. The molecular formula is C5H14S. The summed E-state index contributed by atoms with van der Waals surface area (Å²) < 4.78 is 0. The fraction of sp³-hybridized carbons (Fsp3) is 1.00.